The summed E-state index contributed by atoms with van der Waals surface area (Å²) in [5, 5.41) is 22.6. The molecule has 0 saturated carbocycles. The third-order valence-corrected chi connectivity index (χ3v) is 4.36. The van der Waals surface area contributed by atoms with Gasteiger partial charge < -0.3 is 14.8 Å². The number of aliphatic hydroxyl groups is 1. The van der Waals surface area contributed by atoms with Gasteiger partial charge in [-0.2, -0.15) is 16.9 Å². The number of nitrogens with zero attached hydrogens (tertiary/aromatic N) is 5. The van der Waals surface area contributed by atoms with E-state index in [9.17, 15) is 4.79 Å². The number of benzene rings is 1. The molecule has 9 heteroatoms. The summed E-state index contributed by atoms with van der Waals surface area (Å²) in [5.74, 6) is 1.07. The smallest absolute Gasteiger partial charge is 0.325 e. The number of aryl methyl sites for hydroxylation is 1. The van der Waals surface area contributed by atoms with Crippen LogP contribution in [0.5, 0.6) is 0 Å². The van der Waals surface area contributed by atoms with Crippen molar-refractivity contribution in [3.8, 4) is 11.4 Å². The van der Waals surface area contributed by atoms with E-state index >= 15 is 0 Å². The first-order chi connectivity index (χ1) is 12.1. The SMILES string of the molecule is CSCCc1nc(-c2ccc3c(c2)ncn3CCO)n(CC(=O)O)n1. The first-order valence-corrected chi connectivity index (χ1v) is 9.22. The van der Waals surface area contributed by atoms with Crippen LogP contribution >= 0.6 is 11.8 Å². The molecule has 132 valence electrons. The van der Waals surface area contributed by atoms with Gasteiger partial charge in [-0.25, -0.2) is 14.6 Å². The number of hydrogen-bond donors (Lipinski definition) is 2. The summed E-state index contributed by atoms with van der Waals surface area (Å²) in [5.41, 5.74) is 2.44. The van der Waals surface area contributed by atoms with Crippen LogP contribution in [0.15, 0.2) is 24.5 Å². The number of carbonyl (C=O) groups is 1. The van der Waals surface area contributed by atoms with Crippen LogP contribution in [0.1, 0.15) is 5.82 Å². The Balaban J connectivity index is 2.00. The second-order valence-corrected chi connectivity index (χ2v) is 6.50. The largest absolute Gasteiger partial charge is 0.480 e. The highest BCUT2D eigenvalue weighted by atomic mass is 32.2. The van der Waals surface area contributed by atoms with Gasteiger partial charge in [-0.05, 0) is 24.5 Å². The molecule has 0 aliphatic heterocycles. The molecule has 0 unspecified atom stereocenters. The van der Waals surface area contributed by atoms with Crippen LogP contribution in [-0.4, -0.2) is 59.1 Å². The molecular formula is C16H19N5O3S. The molecule has 0 saturated heterocycles. The Morgan fingerprint density at radius 3 is 2.92 bits per heavy atom. The number of carboxylic acid groups (broad SMARTS) is 1. The Bertz CT molecular complexity index is 889. The van der Waals surface area contributed by atoms with Crippen LogP contribution < -0.4 is 0 Å². The topological polar surface area (TPSA) is 106 Å². The van der Waals surface area contributed by atoms with Crippen LogP contribution in [0, 0.1) is 0 Å². The molecular weight excluding hydrogens is 342 g/mol. The van der Waals surface area contributed by atoms with Gasteiger partial charge in [0.25, 0.3) is 0 Å². The minimum atomic E-state index is -0.962. The number of carboxylic acids is 1. The van der Waals surface area contributed by atoms with Gasteiger partial charge in [-0.1, -0.05) is 0 Å². The Labute approximate surface area is 148 Å². The first-order valence-electron chi connectivity index (χ1n) is 7.83. The number of hydrogen-bond acceptors (Lipinski definition) is 6. The van der Waals surface area contributed by atoms with Gasteiger partial charge in [-0.15, -0.1) is 0 Å². The predicted molar refractivity (Wildman–Crippen MR) is 95.6 cm³/mol. The van der Waals surface area contributed by atoms with E-state index in [4.69, 9.17) is 10.2 Å². The van der Waals surface area contributed by atoms with Gasteiger partial charge >= 0.3 is 5.97 Å². The van der Waals surface area contributed by atoms with Gasteiger partial charge in [0, 0.05) is 24.3 Å². The number of aromatic nitrogens is 5. The summed E-state index contributed by atoms with van der Waals surface area (Å²) in [6.07, 6.45) is 4.37. The van der Waals surface area contributed by atoms with E-state index in [0.29, 0.717) is 24.6 Å². The summed E-state index contributed by atoms with van der Waals surface area (Å²) in [6, 6.07) is 5.64. The fraction of sp³-hybridized carbons (Fsp3) is 0.375. The summed E-state index contributed by atoms with van der Waals surface area (Å²) >= 11 is 1.69. The van der Waals surface area contributed by atoms with Gasteiger partial charge in [0.05, 0.1) is 24.0 Å². The summed E-state index contributed by atoms with van der Waals surface area (Å²) in [4.78, 5) is 20.0. The van der Waals surface area contributed by atoms with Crippen molar-refractivity contribution < 1.29 is 15.0 Å². The predicted octanol–water partition coefficient (Wildman–Crippen LogP) is 1.28. The lowest BCUT2D eigenvalue weighted by Gasteiger charge is -2.04. The van der Waals surface area contributed by atoms with Crippen molar-refractivity contribution >= 4 is 28.8 Å². The molecule has 8 nitrogen and oxygen atoms in total. The van der Waals surface area contributed by atoms with E-state index in [1.165, 1.54) is 4.68 Å². The van der Waals surface area contributed by atoms with Crippen LogP contribution in [0.4, 0.5) is 0 Å². The molecule has 0 bridgehead atoms. The van der Waals surface area contributed by atoms with E-state index in [1.54, 1.807) is 18.1 Å². The highest BCUT2D eigenvalue weighted by Crippen LogP contribution is 2.23. The van der Waals surface area contributed by atoms with Crippen LogP contribution in [0.25, 0.3) is 22.4 Å². The second-order valence-electron chi connectivity index (χ2n) is 5.51. The lowest BCUT2D eigenvalue weighted by atomic mass is 10.2. The molecule has 0 atom stereocenters. The molecule has 3 rings (SSSR count). The van der Waals surface area contributed by atoms with Crippen LogP contribution in [0.3, 0.4) is 0 Å². The minimum Gasteiger partial charge on any atom is -0.480 e. The van der Waals surface area contributed by atoms with Crippen molar-refractivity contribution in [2.75, 3.05) is 18.6 Å². The molecule has 0 aliphatic rings. The molecule has 0 spiro atoms. The number of fused-ring (bicyclic) bond motifs is 1. The maximum Gasteiger partial charge on any atom is 0.325 e. The standard InChI is InChI=1S/C16H19N5O3S/c1-25-7-4-14-18-16(21(19-14)9-15(23)24)11-2-3-13-12(8-11)17-10-20(13)5-6-22/h2-3,8,10,22H,4-7,9H2,1H3,(H,23,24). The summed E-state index contributed by atoms with van der Waals surface area (Å²) < 4.78 is 3.29. The highest BCUT2D eigenvalue weighted by Gasteiger charge is 2.15. The van der Waals surface area contributed by atoms with E-state index in [1.807, 2.05) is 29.0 Å². The van der Waals surface area contributed by atoms with Crippen molar-refractivity contribution in [2.45, 2.75) is 19.5 Å². The molecule has 2 aromatic heterocycles. The molecule has 0 amide bonds. The number of thioether (sulfide) groups is 1. The Morgan fingerprint density at radius 2 is 2.20 bits per heavy atom. The van der Waals surface area contributed by atoms with E-state index in [-0.39, 0.29) is 13.2 Å². The van der Waals surface area contributed by atoms with E-state index in [0.717, 1.165) is 22.3 Å². The molecule has 2 heterocycles. The van der Waals surface area contributed by atoms with Crippen molar-refractivity contribution in [1.29, 1.82) is 0 Å². The van der Waals surface area contributed by atoms with Gasteiger partial charge in [0.2, 0.25) is 0 Å². The molecule has 2 N–H and O–H groups in total. The number of rotatable bonds is 8. The van der Waals surface area contributed by atoms with Gasteiger partial charge in [-0.3, -0.25) is 4.79 Å². The van der Waals surface area contributed by atoms with Crippen molar-refractivity contribution in [3.63, 3.8) is 0 Å². The fourth-order valence-corrected chi connectivity index (χ4v) is 3.02. The number of imidazole rings is 1. The average Bonchev–Trinajstić information content (AvgIpc) is 3.16. The van der Waals surface area contributed by atoms with E-state index in [2.05, 4.69) is 15.1 Å². The summed E-state index contributed by atoms with van der Waals surface area (Å²) in [6.45, 7) is 0.279. The maximum atomic E-state index is 11.1. The molecule has 0 radical (unpaired) electrons. The first kappa shape index (κ1) is 17.4. The zero-order valence-corrected chi connectivity index (χ0v) is 14.6. The Kier molecular flexibility index (Phi) is 5.34. The maximum absolute atomic E-state index is 11.1. The molecule has 0 aliphatic carbocycles. The second kappa shape index (κ2) is 7.66. The number of aliphatic hydroxyl groups excluding tert-OH is 1. The molecule has 0 fully saturated rings. The lowest BCUT2D eigenvalue weighted by Crippen LogP contribution is -2.11. The van der Waals surface area contributed by atoms with Crippen LogP contribution in [0.2, 0.25) is 0 Å². The molecule has 3 aromatic rings. The molecule has 25 heavy (non-hydrogen) atoms. The monoisotopic (exact) mass is 361 g/mol. The molecule has 1 aromatic carbocycles. The minimum absolute atomic E-state index is 0.0406. The third-order valence-electron chi connectivity index (χ3n) is 3.75. The average molecular weight is 361 g/mol. The van der Waals surface area contributed by atoms with Crippen molar-refractivity contribution in [2.24, 2.45) is 0 Å². The summed E-state index contributed by atoms with van der Waals surface area (Å²) in [7, 11) is 0. The van der Waals surface area contributed by atoms with Gasteiger partial charge in [0.15, 0.2) is 11.6 Å². The van der Waals surface area contributed by atoms with Crippen molar-refractivity contribution in [3.05, 3.63) is 30.4 Å². The Morgan fingerprint density at radius 1 is 1.36 bits per heavy atom. The number of aliphatic carboxylic acids is 1. The van der Waals surface area contributed by atoms with Crippen molar-refractivity contribution in [1.82, 2.24) is 24.3 Å². The normalized spacial score (nSPS) is 11.3. The fourth-order valence-electron chi connectivity index (χ4n) is 2.63. The quantitative estimate of drug-likeness (QED) is 0.622. The third kappa shape index (κ3) is 3.83. The zero-order valence-electron chi connectivity index (χ0n) is 13.8. The zero-order chi connectivity index (χ0) is 17.8. The van der Waals surface area contributed by atoms with E-state index < -0.39 is 5.97 Å². The Hall–Kier alpha value is -2.39. The van der Waals surface area contributed by atoms with Gasteiger partial charge in [0.1, 0.15) is 6.54 Å². The van der Waals surface area contributed by atoms with Crippen LogP contribution in [-0.2, 0) is 24.3 Å². The highest BCUT2D eigenvalue weighted by molar-refractivity contribution is 7.98. The lowest BCUT2D eigenvalue weighted by molar-refractivity contribution is -0.137.